The highest BCUT2D eigenvalue weighted by Gasteiger charge is 2.22. The number of hydrogen-bond acceptors (Lipinski definition) is 1. The summed E-state index contributed by atoms with van der Waals surface area (Å²) < 4.78 is 0. The van der Waals surface area contributed by atoms with Gasteiger partial charge in [0, 0.05) is 10.9 Å². The van der Waals surface area contributed by atoms with E-state index in [1.54, 1.807) is 0 Å². The Labute approximate surface area is 101 Å². The minimum Gasteiger partial charge on any atom is -0.294 e. The number of allylic oxidation sites excluding steroid dienone is 1. The number of carbonyl (C=O) groups is 1. The first-order valence-electron chi connectivity index (χ1n) is 5.67. The van der Waals surface area contributed by atoms with Crippen LogP contribution in [0.4, 0.5) is 0 Å². The molecule has 0 spiro atoms. The van der Waals surface area contributed by atoms with Gasteiger partial charge in [0.05, 0.1) is 0 Å². The van der Waals surface area contributed by atoms with E-state index in [4.69, 9.17) is 11.6 Å². The quantitative estimate of drug-likeness (QED) is 0.669. The van der Waals surface area contributed by atoms with Crippen molar-refractivity contribution in [2.45, 2.75) is 26.2 Å². The molecule has 1 atom stereocenters. The third-order valence-electron chi connectivity index (χ3n) is 3.04. The second-order valence-corrected chi connectivity index (χ2v) is 4.82. The summed E-state index contributed by atoms with van der Waals surface area (Å²) in [5, 5.41) is 0.714. The van der Waals surface area contributed by atoms with E-state index in [1.165, 1.54) is 0 Å². The van der Waals surface area contributed by atoms with Gasteiger partial charge in [-0.05, 0) is 48.6 Å². The van der Waals surface area contributed by atoms with Gasteiger partial charge in [-0.3, -0.25) is 4.79 Å². The minimum absolute atomic E-state index is 0.180. The van der Waals surface area contributed by atoms with Gasteiger partial charge in [0.2, 0.25) is 0 Å². The van der Waals surface area contributed by atoms with Crippen LogP contribution in [0.15, 0.2) is 29.8 Å². The molecule has 2 rings (SSSR count). The van der Waals surface area contributed by atoms with Crippen molar-refractivity contribution in [2.24, 2.45) is 5.92 Å². The highest BCUT2D eigenvalue weighted by atomic mass is 35.5. The summed E-state index contributed by atoms with van der Waals surface area (Å²) in [5.41, 5.74) is 1.96. The molecule has 0 amide bonds. The molecule has 2 heteroatoms. The summed E-state index contributed by atoms with van der Waals surface area (Å²) in [7, 11) is 0. The van der Waals surface area contributed by atoms with Gasteiger partial charge in [-0.25, -0.2) is 0 Å². The van der Waals surface area contributed by atoms with Crippen molar-refractivity contribution >= 4 is 23.5 Å². The smallest absolute Gasteiger partial charge is 0.161 e. The summed E-state index contributed by atoms with van der Waals surface area (Å²) in [6.07, 6.45) is 5.00. The van der Waals surface area contributed by atoms with Crippen LogP contribution in [-0.4, -0.2) is 5.78 Å². The standard InChI is InChI=1S/C14H15ClO/c1-10-4-2-6-12(14(10)16)8-11-5-3-7-13(15)9-11/h3,5,7-10H,2,4,6H2,1H3/b12-8+. The molecular formula is C14H15ClO. The molecule has 1 aliphatic carbocycles. The van der Waals surface area contributed by atoms with Crippen molar-refractivity contribution in [3.8, 4) is 0 Å². The lowest BCUT2D eigenvalue weighted by Crippen LogP contribution is -2.18. The second kappa shape index (κ2) is 4.84. The maximum Gasteiger partial charge on any atom is 0.161 e. The summed E-state index contributed by atoms with van der Waals surface area (Å²) >= 11 is 5.91. The maximum atomic E-state index is 11.9. The molecule has 1 unspecified atom stereocenters. The van der Waals surface area contributed by atoms with Crippen LogP contribution in [0, 0.1) is 5.92 Å². The molecule has 1 fully saturated rings. The molecule has 0 N–H and O–H groups in total. The zero-order chi connectivity index (χ0) is 11.5. The molecule has 0 bridgehead atoms. The zero-order valence-electron chi connectivity index (χ0n) is 9.37. The average molecular weight is 235 g/mol. The van der Waals surface area contributed by atoms with Gasteiger partial charge in [0.25, 0.3) is 0 Å². The Morgan fingerprint density at radius 3 is 3.00 bits per heavy atom. The molecule has 0 radical (unpaired) electrons. The van der Waals surface area contributed by atoms with Crippen LogP contribution in [0.25, 0.3) is 6.08 Å². The van der Waals surface area contributed by atoms with E-state index in [0.717, 1.165) is 30.4 Å². The molecule has 1 aromatic rings. The van der Waals surface area contributed by atoms with Gasteiger partial charge in [0.15, 0.2) is 5.78 Å². The lowest BCUT2D eigenvalue weighted by atomic mass is 9.84. The fourth-order valence-corrected chi connectivity index (χ4v) is 2.31. The van der Waals surface area contributed by atoms with Crippen LogP contribution in [0.2, 0.25) is 5.02 Å². The fraction of sp³-hybridized carbons (Fsp3) is 0.357. The molecule has 0 heterocycles. The number of Topliss-reactive ketones (excluding diaryl/α,β-unsaturated/α-hetero) is 1. The molecule has 0 saturated heterocycles. The van der Waals surface area contributed by atoms with E-state index in [0.29, 0.717) is 10.8 Å². The highest BCUT2D eigenvalue weighted by Crippen LogP contribution is 2.26. The first-order valence-corrected chi connectivity index (χ1v) is 6.05. The van der Waals surface area contributed by atoms with E-state index >= 15 is 0 Å². The van der Waals surface area contributed by atoms with Crippen molar-refractivity contribution in [3.63, 3.8) is 0 Å². The van der Waals surface area contributed by atoms with Gasteiger partial charge < -0.3 is 0 Å². The number of ketones is 1. The van der Waals surface area contributed by atoms with Crippen molar-refractivity contribution in [1.29, 1.82) is 0 Å². The van der Waals surface area contributed by atoms with Crippen LogP contribution >= 0.6 is 11.6 Å². The lowest BCUT2D eigenvalue weighted by molar-refractivity contribution is -0.119. The van der Waals surface area contributed by atoms with Crippen molar-refractivity contribution < 1.29 is 4.79 Å². The van der Waals surface area contributed by atoms with Crippen molar-refractivity contribution in [3.05, 3.63) is 40.4 Å². The third-order valence-corrected chi connectivity index (χ3v) is 3.27. The summed E-state index contributed by atoms with van der Waals surface area (Å²) in [6, 6.07) is 7.62. The molecule has 0 aromatic heterocycles. The SMILES string of the molecule is CC1CCC/C(=C\c2cccc(Cl)c2)C1=O. The van der Waals surface area contributed by atoms with E-state index in [-0.39, 0.29) is 5.92 Å². The van der Waals surface area contributed by atoms with E-state index in [1.807, 2.05) is 37.3 Å². The second-order valence-electron chi connectivity index (χ2n) is 4.38. The van der Waals surface area contributed by atoms with Gasteiger partial charge >= 0.3 is 0 Å². The molecule has 16 heavy (non-hydrogen) atoms. The van der Waals surface area contributed by atoms with Crippen LogP contribution in [0.3, 0.4) is 0 Å². The summed E-state index contributed by atoms with van der Waals surface area (Å²) in [4.78, 5) is 11.9. The van der Waals surface area contributed by atoms with Crippen LogP contribution in [-0.2, 0) is 4.79 Å². The number of hydrogen-bond donors (Lipinski definition) is 0. The number of halogens is 1. The fourth-order valence-electron chi connectivity index (χ4n) is 2.11. The Kier molecular flexibility index (Phi) is 3.45. The molecule has 1 nitrogen and oxygen atoms in total. The average Bonchev–Trinajstić information content (AvgIpc) is 2.25. The zero-order valence-corrected chi connectivity index (χ0v) is 10.1. The van der Waals surface area contributed by atoms with Crippen molar-refractivity contribution in [2.75, 3.05) is 0 Å². The lowest BCUT2D eigenvalue weighted by Gasteiger charge is -2.19. The predicted octanol–water partition coefficient (Wildman–Crippen LogP) is 4.11. The molecule has 1 saturated carbocycles. The Bertz CT molecular complexity index is 434. The summed E-state index contributed by atoms with van der Waals surface area (Å²) in [6.45, 7) is 2.01. The number of benzene rings is 1. The monoisotopic (exact) mass is 234 g/mol. The largest absolute Gasteiger partial charge is 0.294 e. The Morgan fingerprint density at radius 1 is 1.44 bits per heavy atom. The maximum absolute atomic E-state index is 11.9. The molecule has 84 valence electrons. The number of carbonyl (C=O) groups excluding carboxylic acids is 1. The molecule has 1 aliphatic rings. The van der Waals surface area contributed by atoms with Gasteiger partial charge in [-0.2, -0.15) is 0 Å². The topological polar surface area (TPSA) is 17.1 Å². The Hall–Kier alpha value is -1.08. The normalized spacial score (nSPS) is 23.8. The van der Waals surface area contributed by atoms with Gasteiger partial charge in [-0.1, -0.05) is 30.7 Å². The predicted molar refractivity (Wildman–Crippen MR) is 67.5 cm³/mol. The van der Waals surface area contributed by atoms with E-state index < -0.39 is 0 Å². The third kappa shape index (κ3) is 2.53. The van der Waals surface area contributed by atoms with Crippen LogP contribution < -0.4 is 0 Å². The van der Waals surface area contributed by atoms with E-state index in [9.17, 15) is 4.79 Å². The van der Waals surface area contributed by atoms with Gasteiger partial charge in [-0.15, -0.1) is 0 Å². The van der Waals surface area contributed by atoms with Crippen molar-refractivity contribution in [1.82, 2.24) is 0 Å². The molecule has 0 aliphatic heterocycles. The first kappa shape index (κ1) is 11.4. The van der Waals surface area contributed by atoms with Crippen LogP contribution in [0.1, 0.15) is 31.7 Å². The molecule has 1 aromatic carbocycles. The minimum atomic E-state index is 0.180. The highest BCUT2D eigenvalue weighted by molar-refractivity contribution is 6.30. The molecular weight excluding hydrogens is 220 g/mol. The Balaban J connectivity index is 2.26. The Morgan fingerprint density at radius 2 is 2.25 bits per heavy atom. The van der Waals surface area contributed by atoms with Gasteiger partial charge in [0.1, 0.15) is 0 Å². The first-order chi connectivity index (χ1) is 7.66. The van der Waals surface area contributed by atoms with E-state index in [2.05, 4.69) is 0 Å². The van der Waals surface area contributed by atoms with Crippen LogP contribution in [0.5, 0.6) is 0 Å². The number of rotatable bonds is 1. The summed E-state index contributed by atoms with van der Waals surface area (Å²) in [5.74, 6) is 0.477.